The fraction of sp³-hybridized carbons (Fsp3) is 0.279. The third-order valence-corrected chi connectivity index (χ3v) is 8.46. The quantitative estimate of drug-likeness (QED) is 0.0729. The van der Waals surface area contributed by atoms with Crippen LogP contribution in [0, 0.1) is 0 Å². The lowest BCUT2D eigenvalue weighted by atomic mass is 10.1. The molecule has 1 aromatic heterocycles. The molecule has 0 unspecified atom stereocenters. The zero-order valence-electron chi connectivity index (χ0n) is 32.1. The second-order valence-electron chi connectivity index (χ2n) is 12.3. The summed E-state index contributed by atoms with van der Waals surface area (Å²) in [5, 5.41) is 0. The Morgan fingerprint density at radius 2 is 0.714 bits per heavy atom. The van der Waals surface area contributed by atoms with Crippen LogP contribution in [0.2, 0.25) is 0 Å². The van der Waals surface area contributed by atoms with E-state index in [9.17, 15) is 9.59 Å². The number of amides is 2. The van der Waals surface area contributed by atoms with Crippen LogP contribution in [0.4, 0.5) is 9.59 Å². The SMILES string of the molecule is COc1ccc(CN(Cc2ccc(OC)cc2)C(=O)OCCOc2cccc(OCCOC(=O)N(Cc3ccc(OC)cc3)Cc3ccc(OC)cc3)n2)cc1. The fourth-order valence-corrected chi connectivity index (χ4v) is 5.46. The van der Waals surface area contributed by atoms with E-state index in [4.69, 9.17) is 37.9 Å². The zero-order valence-corrected chi connectivity index (χ0v) is 32.1. The summed E-state index contributed by atoms with van der Waals surface area (Å²) in [7, 11) is 6.43. The molecule has 13 nitrogen and oxygen atoms in total. The molecule has 0 aliphatic carbocycles. The molecule has 56 heavy (non-hydrogen) atoms. The summed E-state index contributed by atoms with van der Waals surface area (Å²) in [5.41, 5.74) is 3.68. The molecule has 0 aliphatic heterocycles. The third-order valence-electron chi connectivity index (χ3n) is 8.46. The first-order valence-electron chi connectivity index (χ1n) is 17.9. The van der Waals surface area contributed by atoms with Crippen LogP contribution >= 0.6 is 0 Å². The second-order valence-corrected chi connectivity index (χ2v) is 12.3. The first kappa shape index (κ1) is 40.6. The minimum absolute atomic E-state index is 0.00712. The van der Waals surface area contributed by atoms with Crippen LogP contribution in [-0.2, 0) is 35.7 Å². The molecule has 0 atom stereocenters. The standard InChI is InChI=1S/C43H47N3O10/c1-49-36-16-8-32(9-17-36)28-45(29-33-10-18-37(50-2)19-11-33)42(47)55-26-24-53-40-6-5-7-41(44-40)54-25-27-56-43(48)46(30-34-12-20-38(51-3)21-13-34)31-35-14-22-39(52-4)23-15-35/h5-23H,24-31H2,1-4H3. The number of aromatic nitrogens is 1. The molecule has 1 heterocycles. The van der Waals surface area contributed by atoms with Crippen molar-refractivity contribution in [3.63, 3.8) is 0 Å². The van der Waals surface area contributed by atoms with Crippen molar-refractivity contribution < 1.29 is 47.5 Å². The van der Waals surface area contributed by atoms with Crippen LogP contribution in [0.25, 0.3) is 0 Å². The summed E-state index contributed by atoms with van der Waals surface area (Å²) >= 11 is 0. The number of ether oxygens (including phenoxy) is 8. The zero-order chi connectivity index (χ0) is 39.5. The van der Waals surface area contributed by atoms with Crippen LogP contribution < -0.4 is 28.4 Å². The lowest BCUT2D eigenvalue weighted by Crippen LogP contribution is -2.31. The topological polar surface area (TPSA) is 127 Å². The maximum Gasteiger partial charge on any atom is 0.410 e. The van der Waals surface area contributed by atoms with Crippen molar-refractivity contribution in [2.24, 2.45) is 0 Å². The lowest BCUT2D eigenvalue weighted by molar-refractivity contribution is 0.0813. The molecule has 0 saturated heterocycles. The van der Waals surface area contributed by atoms with Gasteiger partial charge in [-0.05, 0) is 70.8 Å². The van der Waals surface area contributed by atoms with E-state index in [-0.39, 0.29) is 38.2 Å². The first-order valence-corrected chi connectivity index (χ1v) is 17.9. The Morgan fingerprint density at radius 1 is 0.429 bits per heavy atom. The van der Waals surface area contributed by atoms with Gasteiger partial charge in [0.05, 0.1) is 28.4 Å². The number of benzene rings is 4. The van der Waals surface area contributed by atoms with E-state index in [1.165, 1.54) is 0 Å². The average molecular weight is 766 g/mol. The van der Waals surface area contributed by atoms with Gasteiger partial charge in [-0.1, -0.05) is 54.6 Å². The van der Waals surface area contributed by atoms with Crippen molar-refractivity contribution in [3.8, 4) is 34.8 Å². The Hall–Kier alpha value is -6.63. The molecule has 0 aliphatic rings. The minimum Gasteiger partial charge on any atom is -0.497 e. The van der Waals surface area contributed by atoms with E-state index >= 15 is 0 Å². The van der Waals surface area contributed by atoms with Crippen molar-refractivity contribution in [3.05, 3.63) is 138 Å². The monoisotopic (exact) mass is 765 g/mol. The number of hydrogen-bond acceptors (Lipinski definition) is 11. The van der Waals surface area contributed by atoms with E-state index in [1.807, 2.05) is 97.1 Å². The second kappa shape index (κ2) is 21.3. The summed E-state index contributed by atoms with van der Waals surface area (Å²) in [5.74, 6) is 3.48. The van der Waals surface area contributed by atoms with E-state index in [1.54, 1.807) is 56.4 Å². The van der Waals surface area contributed by atoms with Crippen LogP contribution in [0.15, 0.2) is 115 Å². The summed E-state index contributed by atoms with van der Waals surface area (Å²) in [6, 6.07) is 35.1. The number of rotatable bonds is 20. The molecule has 0 radical (unpaired) electrons. The van der Waals surface area contributed by atoms with E-state index < -0.39 is 12.2 Å². The lowest BCUT2D eigenvalue weighted by Gasteiger charge is -2.23. The maximum absolute atomic E-state index is 13.2. The van der Waals surface area contributed by atoms with Gasteiger partial charge in [0.25, 0.3) is 0 Å². The van der Waals surface area contributed by atoms with Crippen molar-refractivity contribution in [2.45, 2.75) is 26.2 Å². The van der Waals surface area contributed by atoms with Crippen molar-refractivity contribution in [1.82, 2.24) is 14.8 Å². The Bertz CT molecular complexity index is 1700. The molecule has 0 saturated carbocycles. The highest BCUT2D eigenvalue weighted by atomic mass is 16.6. The Balaban J connectivity index is 1.09. The average Bonchev–Trinajstić information content (AvgIpc) is 3.24. The fourth-order valence-electron chi connectivity index (χ4n) is 5.46. The van der Waals surface area contributed by atoms with Crippen molar-refractivity contribution in [1.29, 1.82) is 0 Å². The highest BCUT2D eigenvalue weighted by Crippen LogP contribution is 2.20. The van der Waals surface area contributed by atoms with Gasteiger partial charge in [0.2, 0.25) is 11.8 Å². The third kappa shape index (κ3) is 12.8. The number of methoxy groups -OCH3 is 4. The van der Waals surface area contributed by atoms with Crippen LogP contribution in [-0.4, -0.2) is 81.8 Å². The molecule has 0 spiro atoms. The van der Waals surface area contributed by atoms with E-state index in [0.29, 0.717) is 26.2 Å². The van der Waals surface area contributed by atoms with Gasteiger partial charge in [-0.3, -0.25) is 9.80 Å². The molecular weight excluding hydrogens is 718 g/mol. The van der Waals surface area contributed by atoms with Gasteiger partial charge in [0, 0.05) is 38.3 Å². The summed E-state index contributed by atoms with van der Waals surface area (Å²) in [4.78, 5) is 34.1. The van der Waals surface area contributed by atoms with Crippen LogP contribution in [0.5, 0.6) is 34.8 Å². The number of nitrogens with zero attached hydrogens (tertiary/aromatic N) is 3. The summed E-state index contributed by atoms with van der Waals surface area (Å²) in [6.45, 7) is 1.43. The van der Waals surface area contributed by atoms with Gasteiger partial charge in [0.15, 0.2) is 0 Å². The minimum atomic E-state index is -0.494. The van der Waals surface area contributed by atoms with Gasteiger partial charge in [-0.25, -0.2) is 9.59 Å². The predicted molar refractivity (Wildman–Crippen MR) is 208 cm³/mol. The highest BCUT2D eigenvalue weighted by molar-refractivity contribution is 5.68. The van der Waals surface area contributed by atoms with Gasteiger partial charge in [-0.2, -0.15) is 4.98 Å². The predicted octanol–water partition coefficient (Wildman–Crippen LogP) is 7.55. The summed E-state index contributed by atoms with van der Waals surface area (Å²) in [6.07, 6.45) is -0.988. The molecule has 2 amide bonds. The molecule has 0 N–H and O–H groups in total. The smallest absolute Gasteiger partial charge is 0.410 e. The Kier molecular flexibility index (Phi) is 15.4. The molecule has 0 bridgehead atoms. The van der Waals surface area contributed by atoms with Crippen molar-refractivity contribution in [2.75, 3.05) is 54.9 Å². The van der Waals surface area contributed by atoms with Gasteiger partial charge >= 0.3 is 12.2 Å². The number of carbonyl (C=O) groups excluding carboxylic acids is 2. The molecule has 294 valence electrons. The number of carbonyl (C=O) groups is 2. The molecule has 4 aromatic carbocycles. The van der Waals surface area contributed by atoms with E-state index in [2.05, 4.69) is 4.98 Å². The molecular formula is C43H47N3O10. The molecule has 5 rings (SSSR count). The van der Waals surface area contributed by atoms with Crippen LogP contribution in [0.1, 0.15) is 22.3 Å². The summed E-state index contributed by atoms with van der Waals surface area (Å²) < 4.78 is 43.8. The first-order chi connectivity index (χ1) is 27.3. The number of pyridine rings is 1. The Morgan fingerprint density at radius 3 is 0.982 bits per heavy atom. The van der Waals surface area contributed by atoms with Crippen molar-refractivity contribution >= 4 is 12.2 Å². The maximum atomic E-state index is 13.2. The normalized spacial score (nSPS) is 10.5. The molecule has 0 fully saturated rings. The highest BCUT2D eigenvalue weighted by Gasteiger charge is 2.18. The number of hydrogen-bond donors (Lipinski definition) is 0. The Labute approximate surface area is 327 Å². The van der Waals surface area contributed by atoms with E-state index in [0.717, 1.165) is 45.3 Å². The van der Waals surface area contributed by atoms with Gasteiger partial charge < -0.3 is 37.9 Å². The molecule has 5 aromatic rings. The van der Waals surface area contributed by atoms with Crippen LogP contribution in [0.3, 0.4) is 0 Å². The largest absolute Gasteiger partial charge is 0.497 e. The molecule has 13 heteroatoms. The van der Waals surface area contributed by atoms with Gasteiger partial charge in [-0.15, -0.1) is 0 Å². The van der Waals surface area contributed by atoms with Gasteiger partial charge in [0.1, 0.15) is 49.4 Å².